The topological polar surface area (TPSA) is 99.4 Å². The summed E-state index contributed by atoms with van der Waals surface area (Å²) in [5, 5.41) is 10.6. The van der Waals surface area contributed by atoms with Crippen molar-refractivity contribution >= 4 is 15.8 Å². The fourth-order valence-electron chi connectivity index (χ4n) is 1.59. The molecule has 8 heteroatoms. The van der Waals surface area contributed by atoms with Crippen LogP contribution in [0.5, 0.6) is 5.88 Å². The number of rotatable bonds is 4. The molecule has 0 aliphatic rings. The van der Waals surface area contributed by atoms with E-state index in [4.69, 9.17) is 4.18 Å². The molecule has 0 unspecified atom stereocenters. The van der Waals surface area contributed by atoms with Gasteiger partial charge in [-0.1, -0.05) is 17.7 Å². The summed E-state index contributed by atoms with van der Waals surface area (Å²) >= 11 is 0. The second kappa shape index (κ2) is 5.49. The molecule has 0 aliphatic carbocycles. The van der Waals surface area contributed by atoms with Crippen LogP contribution in [0.3, 0.4) is 0 Å². The molecule has 0 atom stereocenters. The Bertz CT molecular complexity index is 785. The van der Waals surface area contributed by atoms with E-state index in [0.717, 1.165) is 11.8 Å². The van der Waals surface area contributed by atoms with Gasteiger partial charge in [0.15, 0.2) is 0 Å². The molecular formula is C13H12N2O5S. The summed E-state index contributed by atoms with van der Waals surface area (Å²) in [6.45, 7) is 3.32. The lowest BCUT2D eigenvalue weighted by molar-refractivity contribution is -0.385. The van der Waals surface area contributed by atoms with E-state index in [1.807, 2.05) is 6.92 Å². The van der Waals surface area contributed by atoms with Crippen LogP contribution in [-0.4, -0.2) is 18.3 Å². The zero-order chi connectivity index (χ0) is 15.6. The van der Waals surface area contributed by atoms with Crippen molar-refractivity contribution in [2.45, 2.75) is 18.7 Å². The first kappa shape index (κ1) is 14.9. The number of benzene rings is 1. The Kier molecular flexibility index (Phi) is 3.90. The Labute approximate surface area is 121 Å². The molecular weight excluding hydrogens is 296 g/mol. The summed E-state index contributed by atoms with van der Waals surface area (Å²) in [7, 11) is -4.02. The number of nitrogens with zero attached hydrogens (tertiary/aromatic N) is 2. The van der Waals surface area contributed by atoms with Crippen LogP contribution in [0.25, 0.3) is 0 Å². The molecule has 2 rings (SSSR count). The van der Waals surface area contributed by atoms with Crippen LogP contribution < -0.4 is 4.18 Å². The van der Waals surface area contributed by atoms with Crippen LogP contribution in [0.4, 0.5) is 5.69 Å². The molecule has 7 nitrogen and oxygen atoms in total. The van der Waals surface area contributed by atoms with Crippen molar-refractivity contribution < 1.29 is 17.5 Å². The van der Waals surface area contributed by atoms with E-state index in [9.17, 15) is 18.5 Å². The van der Waals surface area contributed by atoms with Gasteiger partial charge in [-0.2, -0.15) is 8.42 Å². The molecule has 1 aromatic heterocycles. The summed E-state index contributed by atoms with van der Waals surface area (Å²) in [6, 6.07) is 7.34. The highest BCUT2D eigenvalue weighted by atomic mass is 32.2. The minimum atomic E-state index is -4.02. The number of nitro groups is 1. The molecule has 0 fully saturated rings. The minimum absolute atomic E-state index is 0.00680. The SMILES string of the molecule is Cc1ccc(S(=O)(=O)Oc2ncc([N+](=O)[O-])cc2C)cc1. The van der Waals surface area contributed by atoms with Crippen LogP contribution in [-0.2, 0) is 10.1 Å². The van der Waals surface area contributed by atoms with Gasteiger partial charge in [0.25, 0.3) is 5.69 Å². The molecule has 1 heterocycles. The van der Waals surface area contributed by atoms with E-state index in [-0.39, 0.29) is 22.0 Å². The molecule has 0 saturated heterocycles. The molecule has 0 bridgehead atoms. The van der Waals surface area contributed by atoms with Crippen LogP contribution in [0.2, 0.25) is 0 Å². The molecule has 0 aliphatic heterocycles. The van der Waals surface area contributed by atoms with E-state index >= 15 is 0 Å². The van der Waals surface area contributed by atoms with Crippen LogP contribution in [0.1, 0.15) is 11.1 Å². The Morgan fingerprint density at radius 1 is 1.19 bits per heavy atom. The molecule has 0 spiro atoms. The first-order valence-electron chi connectivity index (χ1n) is 5.92. The first-order valence-corrected chi connectivity index (χ1v) is 7.32. The zero-order valence-electron chi connectivity index (χ0n) is 11.3. The Balaban J connectivity index is 2.32. The summed E-state index contributed by atoms with van der Waals surface area (Å²) in [5.41, 5.74) is 0.950. The monoisotopic (exact) mass is 308 g/mol. The van der Waals surface area contributed by atoms with Crippen LogP contribution in [0, 0.1) is 24.0 Å². The fraction of sp³-hybridized carbons (Fsp3) is 0.154. The predicted molar refractivity (Wildman–Crippen MR) is 74.6 cm³/mol. The van der Waals surface area contributed by atoms with Gasteiger partial charge in [0.1, 0.15) is 11.1 Å². The third kappa shape index (κ3) is 3.34. The van der Waals surface area contributed by atoms with Gasteiger partial charge >= 0.3 is 10.1 Å². The average molecular weight is 308 g/mol. The molecule has 110 valence electrons. The first-order chi connectivity index (χ1) is 9.79. The quantitative estimate of drug-likeness (QED) is 0.488. The predicted octanol–water partition coefficient (Wildman–Crippen LogP) is 2.37. The highest BCUT2D eigenvalue weighted by Crippen LogP contribution is 2.23. The molecule has 0 amide bonds. The second-order valence-electron chi connectivity index (χ2n) is 4.42. The van der Waals surface area contributed by atoms with E-state index < -0.39 is 15.0 Å². The highest BCUT2D eigenvalue weighted by Gasteiger charge is 2.20. The van der Waals surface area contributed by atoms with Gasteiger partial charge < -0.3 is 4.18 Å². The van der Waals surface area contributed by atoms with Gasteiger partial charge in [-0.05, 0) is 26.0 Å². The smallest absolute Gasteiger partial charge is 0.340 e. The van der Waals surface area contributed by atoms with Gasteiger partial charge in [0.2, 0.25) is 5.88 Å². The van der Waals surface area contributed by atoms with Crippen molar-refractivity contribution in [1.82, 2.24) is 4.98 Å². The Morgan fingerprint density at radius 3 is 2.33 bits per heavy atom. The van der Waals surface area contributed by atoms with Crippen molar-refractivity contribution in [1.29, 1.82) is 0 Å². The summed E-state index contributed by atoms with van der Waals surface area (Å²) in [4.78, 5) is 13.7. The summed E-state index contributed by atoms with van der Waals surface area (Å²) in [5.74, 6) is -0.179. The molecule has 0 radical (unpaired) electrons. The summed E-state index contributed by atoms with van der Waals surface area (Å²) < 4.78 is 29.1. The highest BCUT2D eigenvalue weighted by molar-refractivity contribution is 7.87. The number of aryl methyl sites for hydroxylation is 2. The number of hydrogen-bond acceptors (Lipinski definition) is 6. The molecule has 2 aromatic rings. The van der Waals surface area contributed by atoms with Gasteiger partial charge in [-0.25, -0.2) is 4.98 Å². The Hall–Kier alpha value is -2.48. The lowest BCUT2D eigenvalue weighted by Gasteiger charge is -2.08. The maximum absolute atomic E-state index is 12.1. The Morgan fingerprint density at radius 2 is 1.81 bits per heavy atom. The van der Waals surface area contributed by atoms with Crippen molar-refractivity contribution in [3.63, 3.8) is 0 Å². The third-order valence-corrected chi connectivity index (χ3v) is 3.95. The van der Waals surface area contributed by atoms with Gasteiger partial charge in [-0.15, -0.1) is 0 Å². The van der Waals surface area contributed by atoms with Crippen LogP contribution >= 0.6 is 0 Å². The van der Waals surface area contributed by atoms with Crippen molar-refractivity contribution in [2.75, 3.05) is 0 Å². The lowest BCUT2D eigenvalue weighted by atomic mass is 10.2. The fourth-order valence-corrected chi connectivity index (χ4v) is 2.54. The minimum Gasteiger partial charge on any atom is -0.358 e. The van der Waals surface area contributed by atoms with E-state index in [1.165, 1.54) is 25.1 Å². The molecule has 1 aromatic carbocycles. The third-order valence-electron chi connectivity index (χ3n) is 2.72. The van der Waals surface area contributed by atoms with Crippen LogP contribution in [0.15, 0.2) is 41.4 Å². The van der Waals surface area contributed by atoms with Gasteiger partial charge in [-0.3, -0.25) is 10.1 Å². The van der Waals surface area contributed by atoms with Gasteiger partial charge in [0, 0.05) is 11.6 Å². The van der Waals surface area contributed by atoms with E-state index in [2.05, 4.69) is 4.98 Å². The second-order valence-corrected chi connectivity index (χ2v) is 5.97. The van der Waals surface area contributed by atoms with Crippen molar-refractivity contribution in [3.8, 4) is 5.88 Å². The molecule has 0 N–H and O–H groups in total. The maximum atomic E-state index is 12.1. The van der Waals surface area contributed by atoms with E-state index in [0.29, 0.717) is 0 Å². The number of hydrogen-bond donors (Lipinski definition) is 0. The average Bonchev–Trinajstić information content (AvgIpc) is 2.41. The van der Waals surface area contributed by atoms with E-state index in [1.54, 1.807) is 12.1 Å². The number of aromatic nitrogens is 1. The number of pyridine rings is 1. The maximum Gasteiger partial charge on any atom is 0.340 e. The molecule has 21 heavy (non-hydrogen) atoms. The summed E-state index contributed by atoms with van der Waals surface area (Å²) in [6.07, 6.45) is 0.951. The van der Waals surface area contributed by atoms with Gasteiger partial charge in [0.05, 0.1) is 4.92 Å². The normalized spacial score (nSPS) is 11.1. The zero-order valence-corrected chi connectivity index (χ0v) is 12.1. The molecule has 0 saturated carbocycles. The lowest BCUT2D eigenvalue weighted by Crippen LogP contribution is -2.11. The van der Waals surface area contributed by atoms with Crippen molar-refractivity contribution in [3.05, 3.63) is 57.8 Å². The largest absolute Gasteiger partial charge is 0.358 e. The van der Waals surface area contributed by atoms with Crippen molar-refractivity contribution in [2.24, 2.45) is 0 Å². The standard InChI is InChI=1S/C13H12N2O5S/c1-9-3-5-12(6-4-9)21(18,19)20-13-10(2)7-11(8-14-13)15(16)17/h3-8H,1-2H3.